The van der Waals surface area contributed by atoms with Gasteiger partial charge in [0.25, 0.3) is 0 Å². The van der Waals surface area contributed by atoms with Crippen molar-refractivity contribution in [2.75, 3.05) is 5.32 Å². The van der Waals surface area contributed by atoms with Crippen LogP contribution in [-0.2, 0) is 6.54 Å². The van der Waals surface area contributed by atoms with Crippen molar-refractivity contribution < 1.29 is 0 Å². The van der Waals surface area contributed by atoms with E-state index in [2.05, 4.69) is 42.7 Å². The molecule has 3 heterocycles. The van der Waals surface area contributed by atoms with E-state index in [9.17, 15) is 0 Å². The third kappa shape index (κ3) is 2.64. The van der Waals surface area contributed by atoms with Gasteiger partial charge in [-0.25, -0.2) is 14.6 Å². The van der Waals surface area contributed by atoms with E-state index < -0.39 is 0 Å². The number of pyridine rings is 1. The lowest BCUT2D eigenvalue weighted by atomic mass is 10.2. The van der Waals surface area contributed by atoms with E-state index in [0.29, 0.717) is 6.54 Å². The Morgan fingerprint density at radius 3 is 2.83 bits per heavy atom. The van der Waals surface area contributed by atoms with Crippen molar-refractivity contribution in [1.82, 2.24) is 29.9 Å². The molecule has 4 aromatic rings. The number of benzene rings is 1. The van der Waals surface area contributed by atoms with Crippen molar-refractivity contribution in [2.45, 2.75) is 13.5 Å². The molecule has 0 atom stereocenters. The van der Waals surface area contributed by atoms with Crippen LogP contribution in [0.15, 0.2) is 49.2 Å². The minimum Gasteiger partial charge on any atom is -0.340 e. The van der Waals surface area contributed by atoms with Crippen molar-refractivity contribution >= 4 is 22.4 Å². The molecule has 0 amide bonds. The molecule has 23 heavy (non-hydrogen) atoms. The van der Waals surface area contributed by atoms with E-state index in [-0.39, 0.29) is 0 Å². The first kappa shape index (κ1) is 13.4. The Labute approximate surface area is 132 Å². The van der Waals surface area contributed by atoms with Crippen LogP contribution in [-0.4, -0.2) is 29.9 Å². The normalized spacial score (nSPS) is 11.0. The molecule has 0 aliphatic carbocycles. The maximum Gasteiger partial charge on any atom is 0.141 e. The molecule has 0 saturated heterocycles. The number of aromatic amines is 1. The first-order valence-corrected chi connectivity index (χ1v) is 7.27. The summed E-state index contributed by atoms with van der Waals surface area (Å²) in [7, 11) is 0. The Hall–Kier alpha value is -3.22. The molecule has 7 heteroatoms. The first-order chi connectivity index (χ1) is 11.3. The number of hydrogen-bond acceptors (Lipinski definition) is 5. The molecule has 3 aromatic heterocycles. The summed E-state index contributed by atoms with van der Waals surface area (Å²) >= 11 is 0. The second-order valence-electron chi connectivity index (χ2n) is 5.32. The summed E-state index contributed by atoms with van der Waals surface area (Å²) in [5, 5.41) is 15.7. The Bertz CT molecular complexity index is 923. The predicted octanol–water partition coefficient (Wildman–Crippen LogP) is 2.65. The van der Waals surface area contributed by atoms with Crippen LogP contribution in [0.1, 0.15) is 11.3 Å². The highest BCUT2D eigenvalue weighted by molar-refractivity contribution is 5.92. The summed E-state index contributed by atoms with van der Waals surface area (Å²) in [5.74, 6) is 0.803. The van der Waals surface area contributed by atoms with Crippen LogP contribution >= 0.6 is 0 Å². The maximum atomic E-state index is 4.42. The number of nitrogens with one attached hydrogen (secondary N) is 2. The first-order valence-electron chi connectivity index (χ1n) is 7.27. The summed E-state index contributed by atoms with van der Waals surface area (Å²) in [4.78, 5) is 8.37. The minimum absolute atomic E-state index is 0.703. The van der Waals surface area contributed by atoms with Crippen LogP contribution < -0.4 is 5.32 Å². The molecule has 0 radical (unpaired) electrons. The lowest BCUT2D eigenvalue weighted by Gasteiger charge is -2.08. The van der Waals surface area contributed by atoms with Crippen LogP contribution in [0.2, 0.25) is 0 Å². The predicted molar refractivity (Wildman–Crippen MR) is 87.5 cm³/mol. The second-order valence-corrected chi connectivity index (χ2v) is 5.32. The zero-order valence-corrected chi connectivity index (χ0v) is 12.6. The summed E-state index contributed by atoms with van der Waals surface area (Å²) in [6.45, 7) is 2.69. The highest BCUT2D eigenvalue weighted by atomic mass is 15.3. The van der Waals surface area contributed by atoms with E-state index in [1.807, 2.05) is 25.1 Å². The lowest BCUT2D eigenvalue weighted by molar-refractivity contribution is 0.685. The number of fused-ring (bicyclic) bond motifs is 1. The van der Waals surface area contributed by atoms with Crippen molar-refractivity contribution in [3.8, 4) is 0 Å². The number of H-pyrrole nitrogens is 1. The number of rotatable bonds is 4. The van der Waals surface area contributed by atoms with Gasteiger partial charge in [-0.05, 0) is 30.7 Å². The quantitative estimate of drug-likeness (QED) is 0.605. The fraction of sp³-hybridized carbons (Fsp3) is 0.125. The van der Waals surface area contributed by atoms with E-state index in [4.69, 9.17) is 0 Å². The van der Waals surface area contributed by atoms with Crippen LogP contribution in [0, 0.1) is 6.92 Å². The van der Waals surface area contributed by atoms with E-state index >= 15 is 0 Å². The molecule has 4 rings (SSSR count). The van der Waals surface area contributed by atoms with Gasteiger partial charge in [-0.1, -0.05) is 12.1 Å². The Kier molecular flexibility index (Phi) is 3.23. The molecule has 0 bridgehead atoms. The molecule has 7 nitrogen and oxygen atoms in total. The van der Waals surface area contributed by atoms with Gasteiger partial charge in [0, 0.05) is 17.6 Å². The standard InChI is InChI=1S/C16H15N7/c1-11-15-14(22-21-11)6-7-18-16(15)20-13-4-2-12(3-5-13)8-23-10-17-9-19-23/h2-7,9-10H,8H2,1H3,(H,18,20)(H,21,22). The number of anilines is 2. The lowest BCUT2D eigenvalue weighted by Crippen LogP contribution is -2.00. The molecule has 0 aliphatic rings. The van der Waals surface area contributed by atoms with Gasteiger partial charge in [-0.3, -0.25) is 5.10 Å². The van der Waals surface area contributed by atoms with Gasteiger partial charge < -0.3 is 5.32 Å². The Morgan fingerprint density at radius 2 is 2.04 bits per heavy atom. The molecule has 0 aliphatic heterocycles. The van der Waals surface area contributed by atoms with Crippen LogP contribution in [0.5, 0.6) is 0 Å². The Morgan fingerprint density at radius 1 is 1.17 bits per heavy atom. The molecule has 0 fully saturated rings. The molecular formula is C16H15N7. The van der Waals surface area contributed by atoms with E-state index in [1.54, 1.807) is 17.2 Å². The largest absolute Gasteiger partial charge is 0.340 e. The summed E-state index contributed by atoms with van der Waals surface area (Å²) in [6.07, 6.45) is 5.00. The third-order valence-corrected chi connectivity index (χ3v) is 3.68. The second kappa shape index (κ2) is 5.53. The maximum absolute atomic E-state index is 4.42. The summed E-state index contributed by atoms with van der Waals surface area (Å²) < 4.78 is 1.79. The highest BCUT2D eigenvalue weighted by Crippen LogP contribution is 2.25. The van der Waals surface area contributed by atoms with Gasteiger partial charge >= 0.3 is 0 Å². The van der Waals surface area contributed by atoms with Gasteiger partial charge in [-0.15, -0.1) is 0 Å². The zero-order valence-electron chi connectivity index (χ0n) is 12.6. The molecule has 1 aromatic carbocycles. The van der Waals surface area contributed by atoms with Crippen molar-refractivity contribution in [1.29, 1.82) is 0 Å². The van der Waals surface area contributed by atoms with Crippen LogP contribution in [0.4, 0.5) is 11.5 Å². The van der Waals surface area contributed by atoms with E-state index in [1.165, 1.54) is 6.33 Å². The SMILES string of the molecule is Cc1[nH]nc2ccnc(Nc3ccc(Cn4cncn4)cc3)c12. The molecule has 2 N–H and O–H groups in total. The van der Waals surface area contributed by atoms with Gasteiger partial charge in [0.15, 0.2) is 0 Å². The number of nitrogens with zero attached hydrogens (tertiary/aromatic N) is 5. The fourth-order valence-electron chi connectivity index (χ4n) is 2.54. The monoisotopic (exact) mass is 305 g/mol. The highest BCUT2D eigenvalue weighted by Gasteiger charge is 2.08. The van der Waals surface area contributed by atoms with Gasteiger partial charge in [-0.2, -0.15) is 10.2 Å². The van der Waals surface area contributed by atoms with Crippen molar-refractivity contribution in [2.24, 2.45) is 0 Å². The fourth-order valence-corrected chi connectivity index (χ4v) is 2.54. The molecule has 0 saturated carbocycles. The van der Waals surface area contributed by atoms with Gasteiger partial charge in [0.1, 0.15) is 18.5 Å². The average Bonchev–Trinajstić information content (AvgIpc) is 3.20. The Balaban J connectivity index is 1.57. The smallest absolute Gasteiger partial charge is 0.141 e. The molecular weight excluding hydrogens is 290 g/mol. The molecule has 114 valence electrons. The summed E-state index contributed by atoms with van der Waals surface area (Å²) in [6, 6.07) is 10.1. The zero-order chi connectivity index (χ0) is 15.6. The van der Waals surface area contributed by atoms with Crippen molar-refractivity contribution in [3.63, 3.8) is 0 Å². The number of aromatic nitrogens is 6. The van der Waals surface area contributed by atoms with Crippen LogP contribution in [0.3, 0.4) is 0 Å². The third-order valence-electron chi connectivity index (χ3n) is 3.68. The average molecular weight is 305 g/mol. The topological polar surface area (TPSA) is 84.3 Å². The summed E-state index contributed by atoms with van der Waals surface area (Å²) in [5.41, 5.74) is 4.04. The number of aryl methyl sites for hydroxylation is 1. The number of hydrogen-bond donors (Lipinski definition) is 2. The van der Waals surface area contributed by atoms with Gasteiger partial charge in [0.05, 0.1) is 17.4 Å². The van der Waals surface area contributed by atoms with Gasteiger partial charge in [0.2, 0.25) is 0 Å². The van der Waals surface area contributed by atoms with Crippen LogP contribution in [0.25, 0.3) is 10.9 Å². The molecule has 0 spiro atoms. The minimum atomic E-state index is 0.703. The van der Waals surface area contributed by atoms with E-state index in [0.717, 1.165) is 33.7 Å². The van der Waals surface area contributed by atoms with Crippen molar-refractivity contribution in [3.05, 3.63) is 60.4 Å². The molecule has 0 unspecified atom stereocenters.